The van der Waals surface area contributed by atoms with Gasteiger partial charge in [-0.1, -0.05) is 20.8 Å². The summed E-state index contributed by atoms with van der Waals surface area (Å²) in [5.74, 6) is 2.68. The molecule has 1 aliphatic carbocycles. The van der Waals surface area contributed by atoms with Gasteiger partial charge in [0.05, 0.1) is 37.6 Å². The highest BCUT2D eigenvalue weighted by atomic mass is 16.5. The van der Waals surface area contributed by atoms with E-state index in [1.807, 2.05) is 30.9 Å². The van der Waals surface area contributed by atoms with Gasteiger partial charge in [0.2, 0.25) is 0 Å². The molecule has 1 N–H and O–H groups in total. The summed E-state index contributed by atoms with van der Waals surface area (Å²) in [5, 5.41) is 8.41. The summed E-state index contributed by atoms with van der Waals surface area (Å²) < 4.78 is 22.3. The summed E-state index contributed by atoms with van der Waals surface area (Å²) in [7, 11) is 0. The molecule has 3 aliphatic rings. The molecule has 2 aromatic rings. The number of anilines is 1. The second-order valence-electron chi connectivity index (χ2n) is 11.7. The minimum absolute atomic E-state index is 0.0672. The standard InChI is InChI=1S/C17H23NO4.C16H22N2O2/c1-5-21-15(20)10-18-6-7-22-16-13(17(2,3)4)8-12(11-19)9-14(16)18;1-4-18-15(17)11-9-13(19-5-2)14(20-6-3)10-12(11)16(18)7-8-16/h8-9,11H,5-7,10H2,1-4H3;9-10,17H,4-8H2,1-3H3. The van der Waals surface area contributed by atoms with Gasteiger partial charge in [0.15, 0.2) is 11.5 Å². The number of nitrogens with one attached hydrogen (secondary N) is 1. The van der Waals surface area contributed by atoms with Gasteiger partial charge < -0.3 is 28.7 Å². The number of fused-ring (bicyclic) bond motifs is 3. The van der Waals surface area contributed by atoms with Gasteiger partial charge in [0.1, 0.15) is 31.0 Å². The maximum Gasteiger partial charge on any atom is 0.325 e. The third-order valence-corrected chi connectivity index (χ3v) is 7.88. The number of nitrogens with zero attached hydrogens (tertiary/aromatic N) is 2. The lowest BCUT2D eigenvalue weighted by Crippen LogP contribution is -2.38. The van der Waals surface area contributed by atoms with Gasteiger partial charge in [0, 0.05) is 23.2 Å². The second-order valence-corrected chi connectivity index (χ2v) is 11.7. The number of rotatable bonds is 9. The molecule has 42 heavy (non-hydrogen) atoms. The van der Waals surface area contributed by atoms with E-state index in [9.17, 15) is 9.59 Å². The van der Waals surface area contributed by atoms with E-state index in [2.05, 4.69) is 38.7 Å². The van der Waals surface area contributed by atoms with Crippen LogP contribution in [0.3, 0.4) is 0 Å². The van der Waals surface area contributed by atoms with E-state index >= 15 is 0 Å². The zero-order chi connectivity index (χ0) is 30.7. The highest BCUT2D eigenvalue weighted by molar-refractivity contribution is 6.03. The van der Waals surface area contributed by atoms with Crippen LogP contribution in [0.5, 0.6) is 17.2 Å². The Morgan fingerprint density at radius 1 is 1.02 bits per heavy atom. The van der Waals surface area contributed by atoms with E-state index < -0.39 is 0 Å². The highest BCUT2D eigenvalue weighted by Gasteiger charge is 2.56. The first-order valence-corrected chi connectivity index (χ1v) is 15.0. The zero-order valence-corrected chi connectivity index (χ0v) is 26.1. The van der Waals surface area contributed by atoms with Crippen molar-refractivity contribution in [3.8, 4) is 17.2 Å². The molecule has 1 saturated carbocycles. The molecule has 9 heteroatoms. The zero-order valence-electron chi connectivity index (χ0n) is 26.1. The number of ether oxygens (including phenoxy) is 4. The Morgan fingerprint density at radius 3 is 2.24 bits per heavy atom. The van der Waals surface area contributed by atoms with Crippen molar-refractivity contribution in [2.75, 3.05) is 51.0 Å². The third kappa shape index (κ3) is 6.05. The molecular formula is C33H45N3O6. The number of benzene rings is 2. The molecule has 0 saturated heterocycles. The molecule has 1 spiro atoms. The largest absolute Gasteiger partial charge is 0.490 e. The summed E-state index contributed by atoms with van der Waals surface area (Å²) in [6.45, 7) is 17.8. The van der Waals surface area contributed by atoms with Gasteiger partial charge in [-0.25, -0.2) is 0 Å². The van der Waals surface area contributed by atoms with E-state index in [1.165, 1.54) is 5.56 Å². The fourth-order valence-electron chi connectivity index (χ4n) is 5.85. The van der Waals surface area contributed by atoms with Crippen LogP contribution in [0.15, 0.2) is 24.3 Å². The van der Waals surface area contributed by atoms with E-state index in [0.29, 0.717) is 44.4 Å². The molecule has 0 unspecified atom stereocenters. The monoisotopic (exact) mass is 579 g/mol. The summed E-state index contributed by atoms with van der Waals surface area (Å²) in [4.78, 5) is 27.2. The number of hydrogen-bond acceptors (Lipinski definition) is 8. The molecule has 0 bridgehead atoms. The maximum absolute atomic E-state index is 11.8. The predicted molar refractivity (Wildman–Crippen MR) is 164 cm³/mol. The Bertz CT molecular complexity index is 1330. The van der Waals surface area contributed by atoms with Crippen LogP contribution >= 0.6 is 0 Å². The topological polar surface area (TPSA) is 101 Å². The van der Waals surface area contributed by atoms with Crippen molar-refractivity contribution in [2.45, 2.75) is 72.3 Å². The normalized spacial score (nSPS) is 16.1. The van der Waals surface area contributed by atoms with Gasteiger partial charge in [-0.15, -0.1) is 0 Å². The lowest BCUT2D eigenvalue weighted by molar-refractivity contribution is -0.141. The summed E-state index contributed by atoms with van der Waals surface area (Å²) in [6, 6.07) is 7.72. The Morgan fingerprint density at radius 2 is 1.69 bits per heavy atom. The molecule has 2 aromatic carbocycles. The first-order chi connectivity index (χ1) is 20.0. The van der Waals surface area contributed by atoms with Gasteiger partial charge in [-0.2, -0.15) is 0 Å². The number of carbonyl (C=O) groups excluding carboxylic acids is 2. The third-order valence-electron chi connectivity index (χ3n) is 7.88. The van der Waals surface area contributed by atoms with Gasteiger partial charge in [0.25, 0.3) is 0 Å². The van der Waals surface area contributed by atoms with Crippen molar-refractivity contribution in [3.05, 3.63) is 46.5 Å². The molecule has 0 aromatic heterocycles. The highest BCUT2D eigenvalue weighted by Crippen LogP contribution is 2.58. The van der Waals surface area contributed by atoms with Crippen molar-refractivity contribution in [1.82, 2.24) is 4.90 Å². The number of hydrogen-bond donors (Lipinski definition) is 1. The van der Waals surface area contributed by atoms with Crippen LogP contribution in [-0.4, -0.2) is 69.1 Å². The SMILES string of the molecule is CCOC(=O)CN1CCOc2c1cc(C=O)cc2C(C)(C)C.CCOc1cc2c(cc1OCC)C1(CC1)N(CC)C2=N. The van der Waals surface area contributed by atoms with Crippen molar-refractivity contribution < 1.29 is 28.5 Å². The van der Waals surface area contributed by atoms with Crippen LogP contribution in [-0.2, 0) is 20.5 Å². The van der Waals surface area contributed by atoms with Gasteiger partial charge in [-0.05, 0) is 75.8 Å². The van der Waals surface area contributed by atoms with Crippen LogP contribution in [0, 0.1) is 5.41 Å². The summed E-state index contributed by atoms with van der Waals surface area (Å²) >= 11 is 0. The van der Waals surface area contributed by atoms with Crippen LogP contribution in [0.1, 0.15) is 88.4 Å². The smallest absolute Gasteiger partial charge is 0.325 e. The first-order valence-electron chi connectivity index (χ1n) is 15.0. The fraction of sp³-hybridized carbons (Fsp3) is 0.545. The molecule has 2 heterocycles. The first kappa shape index (κ1) is 31.2. The molecule has 0 radical (unpaired) electrons. The number of carbonyl (C=O) groups is 2. The molecule has 2 aliphatic heterocycles. The Hall–Kier alpha value is -3.75. The average molecular weight is 580 g/mol. The molecule has 0 amide bonds. The Kier molecular flexibility index (Phi) is 9.38. The molecule has 1 fully saturated rings. The van der Waals surface area contributed by atoms with Crippen LogP contribution in [0.4, 0.5) is 5.69 Å². The van der Waals surface area contributed by atoms with Crippen LogP contribution < -0.4 is 19.1 Å². The maximum atomic E-state index is 11.8. The van der Waals surface area contributed by atoms with E-state index in [1.54, 1.807) is 13.0 Å². The van der Waals surface area contributed by atoms with Crippen molar-refractivity contribution >= 4 is 23.8 Å². The van der Waals surface area contributed by atoms with E-state index in [0.717, 1.165) is 59.7 Å². The van der Waals surface area contributed by atoms with Crippen molar-refractivity contribution in [2.24, 2.45) is 0 Å². The fourth-order valence-corrected chi connectivity index (χ4v) is 5.85. The summed E-state index contributed by atoms with van der Waals surface area (Å²) in [5.41, 5.74) is 4.51. The molecule has 0 atom stereocenters. The lowest BCUT2D eigenvalue weighted by Gasteiger charge is -2.34. The minimum Gasteiger partial charge on any atom is -0.490 e. The minimum atomic E-state index is -0.274. The van der Waals surface area contributed by atoms with Crippen LogP contribution in [0.2, 0.25) is 0 Å². The van der Waals surface area contributed by atoms with Crippen molar-refractivity contribution in [1.29, 1.82) is 5.41 Å². The molecule has 228 valence electrons. The number of aldehydes is 1. The lowest BCUT2D eigenvalue weighted by atomic mass is 9.84. The molecular weight excluding hydrogens is 534 g/mol. The quantitative estimate of drug-likeness (QED) is 0.299. The average Bonchev–Trinajstić information content (AvgIpc) is 3.71. The van der Waals surface area contributed by atoms with Gasteiger partial charge in [-0.3, -0.25) is 15.0 Å². The number of esters is 1. The van der Waals surface area contributed by atoms with Crippen LogP contribution in [0.25, 0.3) is 0 Å². The second kappa shape index (κ2) is 12.6. The van der Waals surface area contributed by atoms with Gasteiger partial charge >= 0.3 is 5.97 Å². The Balaban J connectivity index is 0.000000193. The molecule has 5 rings (SSSR count). The van der Waals surface area contributed by atoms with E-state index in [-0.39, 0.29) is 23.5 Å². The summed E-state index contributed by atoms with van der Waals surface area (Å²) in [6.07, 6.45) is 3.10. The van der Waals surface area contributed by atoms with Crippen molar-refractivity contribution in [3.63, 3.8) is 0 Å². The Labute approximate surface area is 249 Å². The predicted octanol–water partition coefficient (Wildman–Crippen LogP) is 5.69. The van der Waals surface area contributed by atoms with E-state index in [4.69, 9.17) is 24.4 Å². The molecule has 9 nitrogen and oxygen atoms in total. The number of amidine groups is 1.